The standard InChI is InChI=1S/C18H14BrClN2O4S/c1-25-13-4-3-10(20)8-12(13)21-18-22-17(24)15(27-18)7-9-5-11(19)16(23)14(6-9)26-2/h3-8,23H,1-2H3,(H,21,22,24)/b15-7-. The van der Waals surface area contributed by atoms with Crippen molar-refractivity contribution in [2.24, 2.45) is 4.99 Å². The van der Waals surface area contributed by atoms with Crippen LogP contribution >= 0.6 is 39.3 Å². The lowest BCUT2D eigenvalue weighted by molar-refractivity contribution is -0.115. The molecule has 0 atom stereocenters. The number of carbonyl (C=O) groups is 1. The Morgan fingerprint density at radius 1 is 1.22 bits per heavy atom. The van der Waals surface area contributed by atoms with E-state index in [1.807, 2.05) is 0 Å². The third kappa shape index (κ3) is 4.40. The second-order valence-corrected chi connectivity index (χ2v) is 7.67. The highest BCUT2D eigenvalue weighted by Crippen LogP contribution is 2.37. The van der Waals surface area contributed by atoms with Crippen molar-refractivity contribution in [3.8, 4) is 17.2 Å². The van der Waals surface area contributed by atoms with Gasteiger partial charge in [0.25, 0.3) is 5.91 Å². The molecule has 2 aromatic rings. The summed E-state index contributed by atoms with van der Waals surface area (Å²) < 4.78 is 10.9. The zero-order chi connectivity index (χ0) is 19.6. The molecule has 1 aliphatic heterocycles. The summed E-state index contributed by atoms with van der Waals surface area (Å²) in [4.78, 5) is 17.2. The minimum absolute atomic E-state index is 0.00141. The van der Waals surface area contributed by atoms with E-state index >= 15 is 0 Å². The number of ether oxygens (including phenoxy) is 2. The van der Waals surface area contributed by atoms with E-state index in [0.717, 1.165) is 0 Å². The molecule has 0 unspecified atom stereocenters. The third-order valence-corrected chi connectivity index (χ3v) is 5.33. The molecule has 27 heavy (non-hydrogen) atoms. The zero-order valence-electron chi connectivity index (χ0n) is 14.2. The van der Waals surface area contributed by atoms with Crippen LogP contribution in [0.5, 0.6) is 17.2 Å². The molecule has 0 radical (unpaired) electrons. The monoisotopic (exact) mass is 468 g/mol. The summed E-state index contributed by atoms with van der Waals surface area (Å²) in [6.07, 6.45) is 1.68. The Balaban J connectivity index is 1.91. The van der Waals surface area contributed by atoms with Crippen molar-refractivity contribution in [1.82, 2.24) is 5.32 Å². The first-order valence-corrected chi connectivity index (χ1v) is 9.59. The largest absolute Gasteiger partial charge is 0.503 e. The predicted molar refractivity (Wildman–Crippen MR) is 111 cm³/mol. The van der Waals surface area contributed by atoms with Gasteiger partial charge >= 0.3 is 0 Å². The molecule has 2 aromatic carbocycles. The van der Waals surface area contributed by atoms with Crippen molar-refractivity contribution in [3.63, 3.8) is 0 Å². The lowest BCUT2D eigenvalue weighted by Gasteiger charge is -2.06. The molecule has 1 heterocycles. The van der Waals surface area contributed by atoms with Gasteiger partial charge in [0.05, 0.1) is 23.6 Å². The van der Waals surface area contributed by atoms with E-state index in [1.165, 1.54) is 26.0 Å². The van der Waals surface area contributed by atoms with Crippen LogP contribution in [0.25, 0.3) is 6.08 Å². The highest BCUT2D eigenvalue weighted by Gasteiger charge is 2.24. The maximum Gasteiger partial charge on any atom is 0.264 e. The summed E-state index contributed by atoms with van der Waals surface area (Å²) in [6.45, 7) is 0. The maximum atomic E-state index is 12.3. The van der Waals surface area contributed by atoms with Crippen molar-refractivity contribution >= 4 is 62.1 Å². The number of aliphatic imine (C=N–C) groups is 1. The van der Waals surface area contributed by atoms with Gasteiger partial charge in [-0.1, -0.05) is 11.6 Å². The molecule has 1 amide bonds. The lowest BCUT2D eigenvalue weighted by Crippen LogP contribution is -2.19. The molecule has 0 bridgehead atoms. The number of phenols is 1. The van der Waals surface area contributed by atoms with Gasteiger partial charge in [-0.3, -0.25) is 4.79 Å². The number of amides is 1. The minimum atomic E-state index is -0.275. The number of aromatic hydroxyl groups is 1. The number of thioether (sulfide) groups is 1. The smallest absolute Gasteiger partial charge is 0.264 e. The van der Waals surface area contributed by atoms with Crippen LogP contribution in [-0.2, 0) is 4.79 Å². The molecule has 0 aromatic heterocycles. The molecule has 1 aliphatic rings. The molecule has 0 spiro atoms. The van der Waals surface area contributed by atoms with E-state index in [-0.39, 0.29) is 11.7 Å². The summed E-state index contributed by atoms with van der Waals surface area (Å²) >= 11 is 10.5. The van der Waals surface area contributed by atoms with Crippen LogP contribution in [0.15, 0.2) is 44.7 Å². The molecular weight excluding hydrogens is 456 g/mol. The van der Waals surface area contributed by atoms with Crippen LogP contribution in [0.2, 0.25) is 5.02 Å². The number of phenolic OH excluding ortho intramolecular Hbond substituents is 1. The SMILES string of the molecule is COc1ccc(Cl)cc1N=C1NC(=O)/C(=C/c2cc(Br)c(O)c(OC)c2)S1. The van der Waals surface area contributed by atoms with E-state index in [0.29, 0.717) is 42.3 Å². The fourth-order valence-electron chi connectivity index (χ4n) is 2.32. The van der Waals surface area contributed by atoms with Gasteiger partial charge < -0.3 is 19.9 Å². The fraction of sp³-hybridized carbons (Fsp3) is 0.111. The number of rotatable bonds is 4. The first-order chi connectivity index (χ1) is 12.9. The number of nitrogens with one attached hydrogen (secondary N) is 1. The lowest BCUT2D eigenvalue weighted by atomic mass is 10.2. The maximum absolute atomic E-state index is 12.3. The second kappa shape index (κ2) is 8.24. The van der Waals surface area contributed by atoms with E-state index in [2.05, 4.69) is 26.2 Å². The highest BCUT2D eigenvalue weighted by molar-refractivity contribution is 9.10. The van der Waals surface area contributed by atoms with Gasteiger partial charge in [-0.15, -0.1) is 0 Å². The number of amidine groups is 1. The predicted octanol–water partition coefficient (Wildman–Crippen LogP) is 4.72. The van der Waals surface area contributed by atoms with Crippen molar-refractivity contribution in [2.75, 3.05) is 14.2 Å². The van der Waals surface area contributed by atoms with Gasteiger partial charge in [-0.2, -0.15) is 0 Å². The average Bonchev–Trinajstić information content (AvgIpc) is 2.97. The molecule has 1 saturated heterocycles. The Morgan fingerprint density at radius 3 is 2.67 bits per heavy atom. The first-order valence-electron chi connectivity index (χ1n) is 7.61. The molecule has 2 N–H and O–H groups in total. The average molecular weight is 470 g/mol. The molecule has 0 aliphatic carbocycles. The number of nitrogens with zero attached hydrogens (tertiary/aromatic N) is 1. The molecule has 0 saturated carbocycles. The van der Waals surface area contributed by atoms with E-state index in [1.54, 1.807) is 36.4 Å². The van der Waals surface area contributed by atoms with Crippen molar-refractivity contribution in [1.29, 1.82) is 0 Å². The van der Waals surface area contributed by atoms with Gasteiger partial charge in [-0.05, 0) is 69.7 Å². The van der Waals surface area contributed by atoms with E-state index in [4.69, 9.17) is 21.1 Å². The number of hydrogen-bond donors (Lipinski definition) is 2. The van der Waals surface area contributed by atoms with Crippen LogP contribution in [0.1, 0.15) is 5.56 Å². The van der Waals surface area contributed by atoms with E-state index < -0.39 is 0 Å². The quantitative estimate of drug-likeness (QED) is 0.634. The molecule has 9 heteroatoms. The van der Waals surface area contributed by atoms with Crippen molar-refractivity contribution < 1.29 is 19.4 Å². The summed E-state index contributed by atoms with van der Waals surface area (Å²) in [5.41, 5.74) is 1.21. The topological polar surface area (TPSA) is 80.2 Å². The summed E-state index contributed by atoms with van der Waals surface area (Å²) in [5.74, 6) is 0.574. The van der Waals surface area contributed by atoms with E-state index in [9.17, 15) is 9.90 Å². The molecule has 3 rings (SSSR count). The molecule has 1 fully saturated rings. The number of methoxy groups -OCH3 is 2. The Labute approximate surface area is 173 Å². The number of hydrogen-bond acceptors (Lipinski definition) is 6. The summed E-state index contributed by atoms with van der Waals surface area (Å²) in [6, 6.07) is 8.39. The normalized spacial score (nSPS) is 16.7. The van der Waals surface area contributed by atoms with Crippen molar-refractivity contribution in [3.05, 3.63) is 50.3 Å². The number of carbonyl (C=O) groups excluding carboxylic acids is 1. The molecule has 6 nitrogen and oxygen atoms in total. The first kappa shape index (κ1) is 19.6. The van der Waals surface area contributed by atoms with Crippen LogP contribution in [0, 0.1) is 0 Å². The van der Waals surface area contributed by atoms with Gasteiger partial charge in [-0.25, -0.2) is 4.99 Å². The highest BCUT2D eigenvalue weighted by atomic mass is 79.9. The van der Waals surface area contributed by atoms with Gasteiger partial charge in [0, 0.05) is 5.02 Å². The number of halogens is 2. The van der Waals surface area contributed by atoms with Crippen LogP contribution in [0.4, 0.5) is 5.69 Å². The van der Waals surface area contributed by atoms with Crippen LogP contribution in [0.3, 0.4) is 0 Å². The Morgan fingerprint density at radius 2 is 1.96 bits per heavy atom. The second-order valence-electron chi connectivity index (χ2n) is 5.35. The van der Waals surface area contributed by atoms with Crippen LogP contribution < -0.4 is 14.8 Å². The van der Waals surface area contributed by atoms with Gasteiger partial charge in [0.2, 0.25) is 0 Å². The van der Waals surface area contributed by atoms with Crippen molar-refractivity contribution in [2.45, 2.75) is 0 Å². The Kier molecular flexibility index (Phi) is 5.98. The summed E-state index contributed by atoms with van der Waals surface area (Å²) in [7, 11) is 2.99. The minimum Gasteiger partial charge on any atom is -0.503 e. The van der Waals surface area contributed by atoms with Crippen LogP contribution in [-0.4, -0.2) is 30.4 Å². The fourth-order valence-corrected chi connectivity index (χ4v) is 3.79. The molecule has 140 valence electrons. The van der Waals surface area contributed by atoms with Gasteiger partial charge in [0.15, 0.2) is 16.7 Å². The zero-order valence-corrected chi connectivity index (χ0v) is 17.4. The Bertz CT molecular complexity index is 978. The molecular formula is C18H14BrClN2O4S. The summed E-state index contributed by atoms with van der Waals surface area (Å²) in [5, 5.41) is 13.5. The van der Waals surface area contributed by atoms with Gasteiger partial charge in [0.1, 0.15) is 11.4 Å². The number of benzene rings is 2. The third-order valence-electron chi connectivity index (χ3n) is 3.58. The Hall–Kier alpha value is -2.16.